The fourth-order valence-corrected chi connectivity index (χ4v) is 3.29. The van der Waals surface area contributed by atoms with E-state index < -0.39 is 54.4 Å². The Kier molecular flexibility index (Phi) is 6.41. The minimum atomic E-state index is -2.05. The summed E-state index contributed by atoms with van der Waals surface area (Å²) in [6.07, 6.45) is -5.65. The summed E-state index contributed by atoms with van der Waals surface area (Å²) >= 11 is 0. The molecule has 1 aliphatic rings. The van der Waals surface area contributed by atoms with Crippen LogP contribution in [0, 0.1) is 0 Å². The number of carbonyl (C=O) groups excluding carboxylic acids is 2. The minimum absolute atomic E-state index is 0.174. The van der Waals surface area contributed by atoms with Crippen molar-refractivity contribution in [2.45, 2.75) is 24.6 Å². The molecule has 0 saturated carbocycles. The summed E-state index contributed by atoms with van der Waals surface area (Å²) in [7, 11) is 0. The number of ether oxygens (including phenoxy) is 3. The molecule has 0 radical (unpaired) electrons. The molecule has 2 aromatic carbocycles. The number of hydrogen-bond donors (Lipinski definition) is 1. The number of benzene rings is 2. The van der Waals surface area contributed by atoms with Gasteiger partial charge in [0.25, 0.3) is 5.56 Å². The van der Waals surface area contributed by atoms with Crippen LogP contribution in [0.15, 0.2) is 76.4 Å². The minimum Gasteiger partial charge on any atom is -0.459 e. The van der Waals surface area contributed by atoms with Crippen molar-refractivity contribution in [3.8, 4) is 0 Å². The highest BCUT2D eigenvalue weighted by Gasteiger charge is 2.50. The number of esters is 2. The predicted octanol–water partition coefficient (Wildman–Crippen LogP) is 1.25. The van der Waals surface area contributed by atoms with Gasteiger partial charge in [-0.2, -0.15) is 9.78 Å². The van der Waals surface area contributed by atoms with Crippen LogP contribution in [0.25, 0.3) is 0 Å². The highest BCUT2D eigenvalue weighted by atomic mass is 19.1. The Hall–Kier alpha value is -4.12. The van der Waals surface area contributed by atoms with Crippen LogP contribution in [0.3, 0.4) is 0 Å². The van der Waals surface area contributed by atoms with Crippen LogP contribution in [-0.4, -0.2) is 51.7 Å². The van der Waals surface area contributed by atoms with E-state index >= 15 is 4.39 Å². The summed E-state index contributed by atoms with van der Waals surface area (Å²) < 4.78 is 32.1. The molecule has 2 heterocycles. The summed E-state index contributed by atoms with van der Waals surface area (Å²) in [6.45, 7) is -0.463. The molecule has 11 heteroatoms. The molecule has 0 spiro atoms. The third kappa shape index (κ3) is 4.88. The van der Waals surface area contributed by atoms with E-state index in [2.05, 4.69) is 5.10 Å². The van der Waals surface area contributed by atoms with Gasteiger partial charge >= 0.3 is 17.6 Å². The van der Waals surface area contributed by atoms with Crippen molar-refractivity contribution in [1.82, 2.24) is 14.8 Å². The molecular formula is C22H18FN3O7. The monoisotopic (exact) mass is 455 g/mol. The average molecular weight is 455 g/mol. The summed E-state index contributed by atoms with van der Waals surface area (Å²) in [5, 5.41) is 3.61. The average Bonchev–Trinajstić information content (AvgIpc) is 3.13. The van der Waals surface area contributed by atoms with Crippen LogP contribution >= 0.6 is 0 Å². The van der Waals surface area contributed by atoms with Gasteiger partial charge in [-0.05, 0) is 24.3 Å². The largest absolute Gasteiger partial charge is 0.459 e. The van der Waals surface area contributed by atoms with E-state index in [-0.39, 0.29) is 11.1 Å². The Morgan fingerprint density at radius 2 is 1.61 bits per heavy atom. The van der Waals surface area contributed by atoms with Gasteiger partial charge in [0, 0.05) is 0 Å². The molecule has 0 bridgehead atoms. The lowest BCUT2D eigenvalue weighted by Crippen LogP contribution is -2.39. The number of alkyl halides is 1. The number of aromatic amines is 1. The zero-order valence-electron chi connectivity index (χ0n) is 17.0. The van der Waals surface area contributed by atoms with Crippen LogP contribution in [-0.2, 0) is 14.2 Å². The Labute approximate surface area is 185 Å². The maximum Gasteiger partial charge on any atom is 0.347 e. The van der Waals surface area contributed by atoms with Gasteiger partial charge in [0.2, 0.25) is 0 Å². The molecule has 10 nitrogen and oxygen atoms in total. The molecule has 1 aliphatic heterocycles. The number of hydrogen-bond acceptors (Lipinski definition) is 8. The lowest BCUT2D eigenvalue weighted by atomic mass is 10.1. The molecule has 0 unspecified atom stereocenters. The molecule has 4 atom stereocenters. The third-order valence-electron chi connectivity index (χ3n) is 4.89. The van der Waals surface area contributed by atoms with E-state index in [4.69, 9.17) is 14.2 Å². The molecule has 1 saturated heterocycles. The van der Waals surface area contributed by atoms with Crippen molar-refractivity contribution in [2.24, 2.45) is 0 Å². The van der Waals surface area contributed by atoms with Gasteiger partial charge < -0.3 is 14.2 Å². The molecule has 33 heavy (non-hydrogen) atoms. The number of carbonyl (C=O) groups is 2. The highest BCUT2D eigenvalue weighted by Crippen LogP contribution is 2.33. The van der Waals surface area contributed by atoms with E-state index in [1.807, 2.05) is 4.98 Å². The second-order valence-corrected chi connectivity index (χ2v) is 7.09. The van der Waals surface area contributed by atoms with E-state index in [1.165, 1.54) is 24.3 Å². The zero-order valence-corrected chi connectivity index (χ0v) is 17.0. The number of nitrogens with one attached hydrogen (secondary N) is 1. The molecular weight excluding hydrogens is 437 g/mol. The molecule has 3 aromatic rings. The summed E-state index contributed by atoms with van der Waals surface area (Å²) in [6, 6.07) is 16.0. The van der Waals surface area contributed by atoms with E-state index in [0.717, 1.165) is 6.20 Å². The van der Waals surface area contributed by atoms with Crippen LogP contribution in [0.5, 0.6) is 0 Å². The lowest BCUT2D eigenvalue weighted by molar-refractivity contribution is -0.0633. The normalized spacial score (nSPS) is 22.0. The SMILES string of the molecule is O=C(OC[C@H]1O[C@@H](n2ncc(=O)[nH]c2=O)[C@@H](F)[C@H]1OC(=O)c1ccccc1)c1ccccc1. The van der Waals surface area contributed by atoms with Crippen LogP contribution in [0.2, 0.25) is 0 Å². The maximum absolute atomic E-state index is 15.4. The number of H-pyrrole nitrogens is 1. The molecule has 1 fully saturated rings. The second kappa shape index (κ2) is 9.57. The van der Waals surface area contributed by atoms with E-state index in [9.17, 15) is 19.2 Å². The highest BCUT2D eigenvalue weighted by molar-refractivity contribution is 5.90. The lowest BCUT2D eigenvalue weighted by Gasteiger charge is -2.19. The standard InChI is InChI=1S/C22H18FN3O7/c23-17-18(33-21(29)14-9-5-2-6-10-14)15(12-31-20(28)13-7-3-1-4-8-13)32-19(17)26-22(30)25-16(27)11-24-26/h1-11,15,17-19H,12H2,(H,25,27,30)/t15-,17+,18+,19-/m1/s1. The predicted molar refractivity (Wildman–Crippen MR) is 110 cm³/mol. The van der Waals surface area contributed by atoms with Crippen molar-refractivity contribution in [3.63, 3.8) is 0 Å². The van der Waals surface area contributed by atoms with Gasteiger partial charge in [0.15, 0.2) is 18.5 Å². The maximum atomic E-state index is 15.4. The van der Waals surface area contributed by atoms with Crippen molar-refractivity contribution in [3.05, 3.63) is 98.8 Å². The van der Waals surface area contributed by atoms with Gasteiger partial charge in [-0.3, -0.25) is 9.78 Å². The first-order valence-electron chi connectivity index (χ1n) is 9.90. The van der Waals surface area contributed by atoms with E-state index in [0.29, 0.717) is 4.68 Å². The summed E-state index contributed by atoms with van der Waals surface area (Å²) in [5.74, 6) is -1.51. The molecule has 4 rings (SSSR count). The van der Waals surface area contributed by atoms with Gasteiger partial charge in [-0.1, -0.05) is 36.4 Å². The number of halogens is 1. The van der Waals surface area contributed by atoms with Crippen molar-refractivity contribution >= 4 is 11.9 Å². The van der Waals surface area contributed by atoms with Gasteiger partial charge in [0.05, 0.1) is 11.1 Å². The van der Waals surface area contributed by atoms with Gasteiger partial charge in [-0.25, -0.2) is 18.8 Å². The summed E-state index contributed by atoms with van der Waals surface area (Å²) in [5.41, 5.74) is -1.34. The van der Waals surface area contributed by atoms with Crippen molar-refractivity contribution in [1.29, 1.82) is 0 Å². The Bertz CT molecular complexity index is 1250. The second-order valence-electron chi connectivity index (χ2n) is 7.09. The quantitative estimate of drug-likeness (QED) is 0.550. The fourth-order valence-electron chi connectivity index (χ4n) is 3.29. The molecule has 0 amide bonds. The first kappa shape index (κ1) is 22.1. The molecule has 170 valence electrons. The fraction of sp³-hybridized carbons (Fsp3) is 0.227. The molecule has 0 aliphatic carbocycles. The number of rotatable bonds is 6. The Morgan fingerprint density at radius 1 is 1.00 bits per heavy atom. The topological polar surface area (TPSA) is 130 Å². The summed E-state index contributed by atoms with van der Waals surface area (Å²) in [4.78, 5) is 50.1. The Balaban J connectivity index is 1.56. The first-order valence-corrected chi connectivity index (χ1v) is 9.90. The van der Waals surface area contributed by atoms with Gasteiger partial charge in [0.1, 0.15) is 18.9 Å². The smallest absolute Gasteiger partial charge is 0.347 e. The first-order chi connectivity index (χ1) is 15.9. The van der Waals surface area contributed by atoms with Crippen LogP contribution in [0.1, 0.15) is 26.9 Å². The third-order valence-corrected chi connectivity index (χ3v) is 4.89. The van der Waals surface area contributed by atoms with Gasteiger partial charge in [-0.15, -0.1) is 0 Å². The number of nitrogens with zero attached hydrogens (tertiary/aromatic N) is 2. The van der Waals surface area contributed by atoms with E-state index in [1.54, 1.807) is 36.4 Å². The zero-order chi connectivity index (χ0) is 23.4. The van der Waals surface area contributed by atoms with Crippen molar-refractivity contribution in [2.75, 3.05) is 6.61 Å². The molecule has 1 N–H and O–H groups in total. The van der Waals surface area contributed by atoms with Crippen LogP contribution in [0.4, 0.5) is 4.39 Å². The van der Waals surface area contributed by atoms with Crippen LogP contribution < -0.4 is 11.2 Å². The number of aromatic nitrogens is 3. The Morgan fingerprint density at radius 3 is 2.21 bits per heavy atom. The van der Waals surface area contributed by atoms with Crippen molar-refractivity contribution < 1.29 is 28.2 Å². The molecule has 1 aromatic heterocycles.